The van der Waals surface area contributed by atoms with Gasteiger partial charge in [-0.2, -0.15) is 0 Å². The predicted molar refractivity (Wildman–Crippen MR) is 99.8 cm³/mol. The molecular formula is C19H24IN. The van der Waals surface area contributed by atoms with Crippen molar-refractivity contribution in [1.29, 1.82) is 0 Å². The van der Waals surface area contributed by atoms with Crippen LogP contribution in [0.2, 0.25) is 0 Å². The Morgan fingerprint density at radius 1 is 1.00 bits per heavy atom. The Labute approximate surface area is 142 Å². The number of hydrogen-bond acceptors (Lipinski definition) is 1. The van der Waals surface area contributed by atoms with Gasteiger partial charge in [0.05, 0.1) is 0 Å². The van der Waals surface area contributed by atoms with Gasteiger partial charge in [0.25, 0.3) is 0 Å². The highest BCUT2D eigenvalue weighted by Gasteiger charge is 2.14. The number of rotatable bonds is 6. The van der Waals surface area contributed by atoms with Gasteiger partial charge in [0.15, 0.2) is 0 Å². The van der Waals surface area contributed by atoms with Gasteiger partial charge in [-0.3, -0.25) is 0 Å². The third-order valence-electron chi connectivity index (χ3n) is 3.97. The summed E-state index contributed by atoms with van der Waals surface area (Å²) >= 11 is 2.36. The third kappa shape index (κ3) is 4.55. The fourth-order valence-electron chi connectivity index (χ4n) is 2.70. The Balaban J connectivity index is 2.26. The van der Waals surface area contributed by atoms with E-state index in [0.29, 0.717) is 6.04 Å². The average Bonchev–Trinajstić information content (AvgIpc) is 2.47. The van der Waals surface area contributed by atoms with Gasteiger partial charge in [-0.15, -0.1) is 0 Å². The Hall–Kier alpha value is -0.870. The molecule has 2 aromatic carbocycles. The van der Waals surface area contributed by atoms with Crippen LogP contribution in [-0.2, 0) is 6.42 Å². The first kappa shape index (κ1) is 16.5. The molecule has 2 aromatic rings. The lowest BCUT2D eigenvalue weighted by atomic mass is 9.93. The van der Waals surface area contributed by atoms with Crippen molar-refractivity contribution in [3.8, 4) is 0 Å². The molecule has 2 heteroatoms. The molecule has 0 saturated carbocycles. The van der Waals surface area contributed by atoms with E-state index in [1.54, 1.807) is 0 Å². The summed E-state index contributed by atoms with van der Waals surface area (Å²) in [6.07, 6.45) is 2.22. The third-order valence-corrected chi connectivity index (χ3v) is 4.68. The van der Waals surface area contributed by atoms with Crippen LogP contribution < -0.4 is 5.32 Å². The van der Waals surface area contributed by atoms with Crippen LogP contribution in [0, 0.1) is 17.4 Å². The Bertz CT molecular complexity index is 554. The molecule has 0 aliphatic heterocycles. The molecule has 0 amide bonds. The highest BCUT2D eigenvalue weighted by atomic mass is 127. The van der Waals surface area contributed by atoms with E-state index in [4.69, 9.17) is 0 Å². The van der Waals surface area contributed by atoms with E-state index in [-0.39, 0.29) is 0 Å². The lowest BCUT2D eigenvalue weighted by Gasteiger charge is -2.21. The molecule has 1 nitrogen and oxygen atoms in total. The van der Waals surface area contributed by atoms with Crippen LogP contribution in [0.1, 0.15) is 41.6 Å². The molecule has 0 aliphatic carbocycles. The van der Waals surface area contributed by atoms with Crippen LogP contribution >= 0.6 is 22.6 Å². The minimum absolute atomic E-state index is 0.391. The molecule has 112 valence electrons. The lowest BCUT2D eigenvalue weighted by molar-refractivity contribution is 0.527. The number of benzene rings is 2. The van der Waals surface area contributed by atoms with Crippen LogP contribution in [-0.4, -0.2) is 6.54 Å². The van der Waals surface area contributed by atoms with E-state index >= 15 is 0 Å². The topological polar surface area (TPSA) is 12.0 Å². The van der Waals surface area contributed by atoms with Crippen molar-refractivity contribution in [1.82, 2.24) is 5.32 Å². The first-order valence-corrected chi connectivity index (χ1v) is 8.73. The van der Waals surface area contributed by atoms with Crippen molar-refractivity contribution in [2.24, 2.45) is 0 Å². The first-order chi connectivity index (χ1) is 10.1. The van der Waals surface area contributed by atoms with Gasteiger partial charge in [0.2, 0.25) is 0 Å². The van der Waals surface area contributed by atoms with Crippen LogP contribution in [0.25, 0.3) is 0 Å². The fraction of sp³-hybridized carbons (Fsp3) is 0.368. The maximum absolute atomic E-state index is 3.71. The maximum atomic E-state index is 3.71. The summed E-state index contributed by atoms with van der Waals surface area (Å²) in [5, 5.41) is 3.71. The second-order valence-electron chi connectivity index (χ2n) is 5.63. The minimum Gasteiger partial charge on any atom is -0.310 e. The zero-order valence-corrected chi connectivity index (χ0v) is 15.3. The molecular weight excluding hydrogens is 369 g/mol. The second kappa shape index (κ2) is 7.95. The highest BCUT2D eigenvalue weighted by molar-refractivity contribution is 14.1. The van der Waals surface area contributed by atoms with Gasteiger partial charge in [-0.05, 0) is 90.2 Å². The van der Waals surface area contributed by atoms with E-state index < -0.39 is 0 Å². The number of aryl methyl sites for hydroxylation is 2. The summed E-state index contributed by atoms with van der Waals surface area (Å²) in [6, 6.07) is 15.9. The molecule has 1 atom stereocenters. The van der Waals surface area contributed by atoms with Crippen molar-refractivity contribution < 1.29 is 0 Å². The van der Waals surface area contributed by atoms with E-state index in [1.807, 2.05) is 0 Å². The normalized spacial score (nSPS) is 12.4. The zero-order valence-electron chi connectivity index (χ0n) is 13.1. The lowest BCUT2D eigenvalue weighted by Crippen LogP contribution is -2.24. The smallest absolute Gasteiger partial charge is 0.0361 e. The number of hydrogen-bond donors (Lipinski definition) is 1. The summed E-state index contributed by atoms with van der Waals surface area (Å²) < 4.78 is 1.29. The van der Waals surface area contributed by atoms with E-state index in [9.17, 15) is 0 Å². The molecule has 0 bridgehead atoms. The summed E-state index contributed by atoms with van der Waals surface area (Å²) in [4.78, 5) is 0. The summed E-state index contributed by atoms with van der Waals surface area (Å²) in [5.41, 5.74) is 5.64. The molecule has 0 aliphatic rings. The van der Waals surface area contributed by atoms with Crippen molar-refractivity contribution in [3.05, 3.63) is 68.3 Å². The first-order valence-electron chi connectivity index (χ1n) is 7.65. The molecule has 0 saturated heterocycles. The standard InChI is InChI=1S/C19H24IN/c1-4-12-21-19(16-8-10-17(20)11-9-16)13-18-14(2)6-5-7-15(18)3/h5-11,19,21H,4,12-13H2,1-3H3. The molecule has 0 spiro atoms. The monoisotopic (exact) mass is 393 g/mol. The van der Waals surface area contributed by atoms with Crippen LogP contribution in [0.5, 0.6) is 0 Å². The molecule has 2 rings (SSSR count). The van der Waals surface area contributed by atoms with Crippen molar-refractivity contribution in [2.45, 2.75) is 39.7 Å². The molecule has 1 unspecified atom stereocenters. The van der Waals surface area contributed by atoms with Crippen molar-refractivity contribution in [2.75, 3.05) is 6.54 Å². The number of nitrogens with one attached hydrogen (secondary N) is 1. The SMILES string of the molecule is CCCNC(Cc1c(C)cccc1C)c1ccc(I)cc1. The molecule has 0 aromatic heterocycles. The van der Waals surface area contributed by atoms with Gasteiger partial charge in [0, 0.05) is 9.61 Å². The number of halogens is 1. The van der Waals surface area contributed by atoms with Crippen LogP contribution in [0.3, 0.4) is 0 Å². The Morgan fingerprint density at radius 3 is 2.19 bits per heavy atom. The van der Waals surface area contributed by atoms with Crippen molar-refractivity contribution in [3.63, 3.8) is 0 Å². The summed E-state index contributed by atoms with van der Waals surface area (Å²) in [5.74, 6) is 0. The van der Waals surface area contributed by atoms with Gasteiger partial charge >= 0.3 is 0 Å². The largest absolute Gasteiger partial charge is 0.310 e. The van der Waals surface area contributed by atoms with Gasteiger partial charge in [0.1, 0.15) is 0 Å². The Kier molecular flexibility index (Phi) is 6.24. The van der Waals surface area contributed by atoms with Gasteiger partial charge in [-0.1, -0.05) is 37.3 Å². The van der Waals surface area contributed by atoms with Crippen molar-refractivity contribution >= 4 is 22.6 Å². The summed E-state index contributed by atoms with van der Waals surface area (Å²) in [7, 11) is 0. The molecule has 0 heterocycles. The Morgan fingerprint density at radius 2 is 1.62 bits per heavy atom. The second-order valence-corrected chi connectivity index (χ2v) is 6.88. The quantitative estimate of drug-likeness (QED) is 0.666. The fourth-order valence-corrected chi connectivity index (χ4v) is 3.06. The van der Waals surface area contributed by atoms with E-state index in [2.05, 4.69) is 91.1 Å². The van der Waals surface area contributed by atoms with E-state index in [1.165, 1.54) is 25.8 Å². The molecule has 1 N–H and O–H groups in total. The maximum Gasteiger partial charge on any atom is 0.0361 e. The minimum atomic E-state index is 0.391. The molecule has 0 fully saturated rings. The zero-order chi connectivity index (χ0) is 15.2. The van der Waals surface area contributed by atoms with Gasteiger partial charge in [-0.25, -0.2) is 0 Å². The predicted octanol–water partition coefficient (Wildman–Crippen LogP) is 5.19. The van der Waals surface area contributed by atoms with Crippen LogP contribution in [0.15, 0.2) is 42.5 Å². The molecule has 21 heavy (non-hydrogen) atoms. The van der Waals surface area contributed by atoms with E-state index in [0.717, 1.165) is 19.4 Å². The average molecular weight is 393 g/mol. The highest BCUT2D eigenvalue weighted by Crippen LogP contribution is 2.23. The van der Waals surface area contributed by atoms with Crippen LogP contribution in [0.4, 0.5) is 0 Å². The molecule has 0 radical (unpaired) electrons. The summed E-state index contributed by atoms with van der Waals surface area (Å²) in [6.45, 7) is 7.71. The van der Waals surface area contributed by atoms with Gasteiger partial charge < -0.3 is 5.32 Å².